The van der Waals surface area contributed by atoms with Gasteiger partial charge in [0, 0.05) is 12.7 Å². The predicted molar refractivity (Wildman–Crippen MR) is 75.2 cm³/mol. The smallest absolute Gasteiger partial charge is 0.0644 e. The Morgan fingerprint density at radius 3 is 2.56 bits per heavy atom. The maximum Gasteiger partial charge on any atom is 0.0644 e. The van der Waals surface area contributed by atoms with Crippen LogP contribution in [0.2, 0.25) is 0 Å². The number of pyridine rings is 1. The normalized spacial score (nSPS) is 20.2. The van der Waals surface area contributed by atoms with Gasteiger partial charge in [-0.2, -0.15) is 0 Å². The quantitative estimate of drug-likeness (QED) is 0.888. The zero-order chi connectivity index (χ0) is 13.0. The van der Waals surface area contributed by atoms with E-state index in [9.17, 15) is 0 Å². The molecule has 1 unspecified atom stereocenters. The van der Waals surface area contributed by atoms with Crippen molar-refractivity contribution in [3.63, 3.8) is 0 Å². The van der Waals surface area contributed by atoms with Crippen LogP contribution in [0.5, 0.6) is 0 Å². The summed E-state index contributed by atoms with van der Waals surface area (Å²) in [6.07, 6.45) is 4.45. The molecule has 0 amide bonds. The molecule has 1 saturated heterocycles. The first kappa shape index (κ1) is 13.5. The second-order valence-electron chi connectivity index (χ2n) is 5.62. The summed E-state index contributed by atoms with van der Waals surface area (Å²) in [5.74, 6) is 1.68. The summed E-state index contributed by atoms with van der Waals surface area (Å²) in [5, 5.41) is 0. The van der Waals surface area contributed by atoms with Gasteiger partial charge in [0.1, 0.15) is 0 Å². The van der Waals surface area contributed by atoms with Gasteiger partial charge in [0.15, 0.2) is 0 Å². The Hall–Kier alpha value is -0.930. The van der Waals surface area contributed by atoms with E-state index in [0.717, 1.165) is 30.6 Å². The van der Waals surface area contributed by atoms with E-state index in [0.29, 0.717) is 12.6 Å². The van der Waals surface area contributed by atoms with Gasteiger partial charge < -0.3 is 5.73 Å². The van der Waals surface area contributed by atoms with Gasteiger partial charge in [-0.05, 0) is 49.9 Å². The van der Waals surface area contributed by atoms with Crippen LogP contribution in [0.25, 0.3) is 0 Å². The van der Waals surface area contributed by atoms with Crippen molar-refractivity contribution in [1.82, 2.24) is 9.88 Å². The Morgan fingerprint density at radius 1 is 1.33 bits per heavy atom. The minimum absolute atomic E-state index is 0.291. The highest BCUT2D eigenvalue weighted by molar-refractivity contribution is 5.09. The third-order valence-electron chi connectivity index (χ3n) is 4.21. The molecule has 3 nitrogen and oxygen atoms in total. The molecule has 0 aromatic carbocycles. The van der Waals surface area contributed by atoms with Gasteiger partial charge in [0.25, 0.3) is 0 Å². The Morgan fingerprint density at radius 2 is 2.06 bits per heavy atom. The van der Waals surface area contributed by atoms with E-state index in [2.05, 4.69) is 29.8 Å². The monoisotopic (exact) mass is 247 g/mol. The molecule has 0 bridgehead atoms. The maximum atomic E-state index is 5.95. The lowest BCUT2D eigenvalue weighted by Gasteiger charge is -2.38. The van der Waals surface area contributed by atoms with E-state index in [1.165, 1.54) is 12.8 Å². The molecule has 2 N–H and O–H groups in total. The molecule has 100 valence electrons. The molecule has 0 radical (unpaired) electrons. The fourth-order valence-electron chi connectivity index (χ4n) is 2.93. The van der Waals surface area contributed by atoms with Crippen molar-refractivity contribution in [2.45, 2.75) is 32.7 Å². The van der Waals surface area contributed by atoms with Crippen LogP contribution < -0.4 is 5.73 Å². The van der Waals surface area contributed by atoms with Crippen molar-refractivity contribution < 1.29 is 0 Å². The van der Waals surface area contributed by atoms with E-state index in [-0.39, 0.29) is 0 Å². The molecule has 2 rings (SSSR count). The first-order valence-electron chi connectivity index (χ1n) is 7.07. The first-order valence-corrected chi connectivity index (χ1v) is 7.07. The van der Waals surface area contributed by atoms with E-state index in [1.54, 1.807) is 0 Å². The van der Waals surface area contributed by atoms with Crippen molar-refractivity contribution in [3.8, 4) is 0 Å². The van der Waals surface area contributed by atoms with Crippen molar-refractivity contribution in [2.75, 3.05) is 19.6 Å². The Kier molecular flexibility index (Phi) is 4.72. The van der Waals surface area contributed by atoms with Crippen LogP contribution in [0.1, 0.15) is 38.4 Å². The molecule has 0 spiro atoms. The molecule has 0 aliphatic carbocycles. The number of aromatic nitrogens is 1. The molecule has 1 atom stereocenters. The van der Waals surface area contributed by atoms with E-state index >= 15 is 0 Å². The second-order valence-corrected chi connectivity index (χ2v) is 5.62. The van der Waals surface area contributed by atoms with E-state index in [1.807, 2.05) is 18.3 Å². The SMILES string of the molecule is CC(C)C1CCN(C(CN)c2ccccn2)CC1. The number of nitrogens with zero attached hydrogens (tertiary/aromatic N) is 2. The summed E-state index contributed by atoms with van der Waals surface area (Å²) in [7, 11) is 0. The van der Waals surface area contributed by atoms with Gasteiger partial charge in [-0.3, -0.25) is 9.88 Å². The van der Waals surface area contributed by atoms with Gasteiger partial charge in [-0.15, -0.1) is 0 Å². The van der Waals surface area contributed by atoms with Crippen LogP contribution in [-0.2, 0) is 0 Å². The molecular weight excluding hydrogens is 222 g/mol. The molecule has 1 aliphatic heterocycles. The van der Waals surface area contributed by atoms with Crippen molar-refractivity contribution >= 4 is 0 Å². The van der Waals surface area contributed by atoms with E-state index < -0.39 is 0 Å². The molecule has 1 aromatic heterocycles. The Labute approximate surface area is 110 Å². The Bertz CT molecular complexity index is 342. The lowest BCUT2D eigenvalue weighted by atomic mass is 9.86. The van der Waals surface area contributed by atoms with Crippen LogP contribution >= 0.6 is 0 Å². The highest BCUT2D eigenvalue weighted by Gasteiger charge is 2.27. The summed E-state index contributed by atoms with van der Waals surface area (Å²) < 4.78 is 0. The topological polar surface area (TPSA) is 42.1 Å². The van der Waals surface area contributed by atoms with Crippen LogP contribution in [0.4, 0.5) is 0 Å². The van der Waals surface area contributed by atoms with Gasteiger partial charge in [0.05, 0.1) is 11.7 Å². The summed E-state index contributed by atoms with van der Waals surface area (Å²) in [5.41, 5.74) is 7.06. The highest BCUT2D eigenvalue weighted by atomic mass is 15.2. The molecule has 18 heavy (non-hydrogen) atoms. The van der Waals surface area contributed by atoms with Gasteiger partial charge >= 0.3 is 0 Å². The van der Waals surface area contributed by atoms with Crippen molar-refractivity contribution in [2.24, 2.45) is 17.6 Å². The van der Waals surface area contributed by atoms with Crippen molar-refractivity contribution in [1.29, 1.82) is 0 Å². The lowest BCUT2D eigenvalue weighted by molar-refractivity contribution is 0.115. The molecule has 1 aromatic rings. The average Bonchev–Trinajstić information content (AvgIpc) is 2.41. The zero-order valence-electron chi connectivity index (χ0n) is 11.5. The highest BCUT2D eigenvalue weighted by Crippen LogP contribution is 2.28. The molecule has 1 aliphatic rings. The summed E-state index contributed by atoms with van der Waals surface area (Å²) in [6.45, 7) is 7.63. The van der Waals surface area contributed by atoms with Crippen LogP contribution in [0.3, 0.4) is 0 Å². The average molecular weight is 247 g/mol. The van der Waals surface area contributed by atoms with Crippen molar-refractivity contribution in [3.05, 3.63) is 30.1 Å². The summed E-state index contributed by atoms with van der Waals surface area (Å²) in [4.78, 5) is 6.96. The molecular formula is C15H25N3. The number of nitrogens with two attached hydrogens (primary N) is 1. The van der Waals surface area contributed by atoms with E-state index in [4.69, 9.17) is 5.73 Å². The summed E-state index contributed by atoms with van der Waals surface area (Å²) >= 11 is 0. The molecule has 3 heteroatoms. The fourth-order valence-corrected chi connectivity index (χ4v) is 2.93. The van der Waals surface area contributed by atoms with Gasteiger partial charge in [-0.1, -0.05) is 19.9 Å². The van der Waals surface area contributed by atoms with Gasteiger partial charge in [-0.25, -0.2) is 0 Å². The molecule has 0 saturated carbocycles. The summed E-state index contributed by atoms with van der Waals surface area (Å²) in [6, 6.07) is 6.39. The second kappa shape index (κ2) is 6.30. The number of likely N-dealkylation sites (tertiary alicyclic amines) is 1. The molecule has 1 fully saturated rings. The number of hydrogen-bond donors (Lipinski definition) is 1. The number of hydrogen-bond acceptors (Lipinski definition) is 3. The maximum absolute atomic E-state index is 5.95. The van der Waals surface area contributed by atoms with Crippen LogP contribution in [-0.4, -0.2) is 29.5 Å². The lowest BCUT2D eigenvalue weighted by Crippen LogP contribution is -2.41. The third-order valence-corrected chi connectivity index (χ3v) is 4.21. The minimum Gasteiger partial charge on any atom is -0.329 e. The fraction of sp³-hybridized carbons (Fsp3) is 0.667. The Balaban J connectivity index is 1.99. The largest absolute Gasteiger partial charge is 0.329 e. The van der Waals surface area contributed by atoms with Crippen LogP contribution in [0, 0.1) is 11.8 Å². The molecule has 2 heterocycles. The predicted octanol–water partition coefficient (Wildman–Crippen LogP) is 2.45. The number of piperidine rings is 1. The zero-order valence-corrected chi connectivity index (χ0v) is 11.5. The third kappa shape index (κ3) is 3.09. The minimum atomic E-state index is 0.291. The number of rotatable bonds is 4. The van der Waals surface area contributed by atoms with Crippen LogP contribution in [0.15, 0.2) is 24.4 Å². The standard InChI is InChI=1S/C15H25N3/c1-12(2)13-6-9-18(10-7-13)15(11-16)14-5-3-4-8-17-14/h3-5,8,12-13,15H,6-7,9-11,16H2,1-2H3. The van der Waals surface area contributed by atoms with Gasteiger partial charge in [0.2, 0.25) is 0 Å². The first-order chi connectivity index (χ1) is 8.72.